The molecule has 0 aliphatic carbocycles. The van der Waals surface area contributed by atoms with E-state index < -0.39 is 17.8 Å². The molecule has 0 saturated carbocycles. The van der Waals surface area contributed by atoms with Crippen LogP contribution in [-0.4, -0.2) is 90.0 Å². The number of carbonyl (C=O) groups excluding carboxylic acids is 3. The predicted molar refractivity (Wildman–Crippen MR) is 161 cm³/mol. The lowest BCUT2D eigenvalue weighted by atomic mass is 10.0. The Morgan fingerprint density at radius 3 is 2.28 bits per heavy atom. The summed E-state index contributed by atoms with van der Waals surface area (Å²) in [7, 11) is 2.16. The molecule has 0 atom stereocenters. The molecular formula is C31H36FN7O4. The van der Waals surface area contributed by atoms with Crippen LogP contribution in [0, 0.1) is 5.82 Å². The molecule has 0 radical (unpaired) electrons. The lowest BCUT2D eigenvalue weighted by molar-refractivity contribution is -0.119. The van der Waals surface area contributed by atoms with Gasteiger partial charge in [0.2, 0.25) is 5.91 Å². The fraction of sp³-hybridized carbons (Fsp3) is 0.355. The summed E-state index contributed by atoms with van der Waals surface area (Å²) in [4.78, 5) is 48.1. The smallest absolute Gasteiger partial charge is 0.325 e. The Hall–Kier alpha value is -4.55. The summed E-state index contributed by atoms with van der Waals surface area (Å²) >= 11 is 0. The number of urea groups is 2. The van der Waals surface area contributed by atoms with Crippen LogP contribution in [0.15, 0.2) is 66.9 Å². The summed E-state index contributed by atoms with van der Waals surface area (Å²) in [5, 5.41) is 7.71. The number of piperidine rings is 1. The maximum absolute atomic E-state index is 13.0. The van der Waals surface area contributed by atoms with Crippen LogP contribution < -0.4 is 20.7 Å². The number of benzene rings is 2. The van der Waals surface area contributed by atoms with Crippen molar-refractivity contribution >= 4 is 29.5 Å². The van der Waals surface area contributed by atoms with E-state index in [4.69, 9.17) is 4.74 Å². The molecule has 3 heterocycles. The molecule has 0 unspecified atom stereocenters. The highest BCUT2D eigenvalue weighted by molar-refractivity contribution is 6.01. The number of aromatic nitrogens is 1. The standard InChI is InChI=1S/C31H36FN7O4/c1-37-14-11-25(12-15-37)38-16-18-39(19-17-38)31(42)35-28-21-27(10-13-33-28)43-26-8-6-24(7-9-26)34-30(41)36-29(40)20-22-2-4-23(32)5-3-22/h2-10,13,21,25H,11-12,14-20H2,1H3,(H,33,35,42)(H2,34,36,40,41). The number of nitrogens with one attached hydrogen (secondary N) is 3. The third kappa shape index (κ3) is 8.72. The Bertz CT molecular complexity index is 1400. The molecule has 2 saturated heterocycles. The van der Waals surface area contributed by atoms with Gasteiger partial charge >= 0.3 is 12.1 Å². The van der Waals surface area contributed by atoms with Crippen molar-refractivity contribution in [2.45, 2.75) is 25.3 Å². The van der Waals surface area contributed by atoms with Gasteiger partial charge in [-0.25, -0.2) is 19.0 Å². The number of pyridine rings is 1. The second kappa shape index (κ2) is 14.1. The third-order valence-corrected chi connectivity index (χ3v) is 7.65. The molecule has 43 heavy (non-hydrogen) atoms. The molecule has 12 heteroatoms. The average molecular weight is 590 g/mol. The molecule has 2 aromatic carbocycles. The maximum Gasteiger partial charge on any atom is 0.325 e. The average Bonchev–Trinajstić information content (AvgIpc) is 3.00. The molecule has 2 aliphatic rings. The van der Waals surface area contributed by atoms with Gasteiger partial charge in [-0.1, -0.05) is 12.1 Å². The number of nitrogens with zero attached hydrogens (tertiary/aromatic N) is 4. The van der Waals surface area contributed by atoms with Crippen LogP contribution in [-0.2, 0) is 11.2 Å². The van der Waals surface area contributed by atoms with Gasteiger partial charge in [0.1, 0.15) is 23.1 Å². The lowest BCUT2D eigenvalue weighted by Gasteiger charge is -2.42. The minimum Gasteiger partial charge on any atom is -0.457 e. The highest BCUT2D eigenvalue weighted by Crippen LogP contribution is 2.25. The van der Waals surface area contributed by atoms with Crippen LogP contribution in [0.4, 0.5) is 25.5 Å². The summed E-state index contributed by atoms with van der Waals surface area (Å²) in [6.45, 7) is 5.34. The van der Waals surface area contributed by atoms with Crippen molar-refractivity contribution in [3.8, 4) is 11.5 Å². The molecule has 226 valence electrons. The maximum atomic E-state index is 13.0. The largest absolute Gasteiger partial charge is 0.457 e. The fourth-order valence-electron chi connectivity index (χ4n) is 5.25. The zero-order valence-corrected chi connectivity index (χ0v) is 24.1. The summed E-state index contributed by atoms with van der Waals surface area (Å²) < 4.78 is 18.9. The Balaban J connectivity index is 1.06. The van der Waals surface area contributed by atoms with Gasteiger partial charge in [-0.3, -0.25) is 20.3 Å². The number of rotatable bonds is 7. The third-order valence-electron chi connectivity index (χ3n) is 7.65. The molecule has 1 aromatic heterocycles. The first-order chi connectivity index (χ1) is 20.8. The monoisotopic (exact) mass is 589 g/mol. The summed E-state index contributed by atoms with van der Waals surface area (Å²) in [5.41, 5.74) is 1.05. The molecule has 2 fully saturated rings. The number of halogens is 1. The quantitative estimate of drug-likeness (QED) is 0.379. The summed E-state index contributed by atoms with van der Waals surface area (Å²) in [6, 6.07) is 15.2. The second-order valence-corrected chi connectivity index (χ2v) is 10.8. The zero-order chi connectivity index (χ0) is 30.2. The number of hydrogen-bond donors (Lipinski definition) is 3. The molecule has 5 amide bonds. The van der Waals surface area contributed by atoms with E-state index in [1.165, 1.54) is 37.1 Å². The normalized spacial score (nSPS) is 16.4. The van der Waals surface area contributed by atoms with Crippen LogP contribution in [0.5, 0.6) is 11.5 Å². The Kier molecular flexibility index (Phi) is 9.80. The fourth-order valence-corrected chi connectivity index (χ4v) is 5.25. The first-order valence-electron chi connectivity index (χ1n) is 14.4. The van der Waals surface area contributed by atoms with E-state index in [-0.39, 0.29) is 12.5 Å². The van der Waals surface area contributed by atoms with E-state index in [2.05, 4.69) is 37.8 Å². The Morgan fingerprint density at radius 2 is 1.58 bits per heavy atom. The van der Waals surface area contributed by atoms with Gasteiger partial charge in [0.15, 0.2) is 0 Å². The molecule has 5 rings (SSSR count). The van der Waals surface area contributed by atoms with Crippen LogP contribution >= 0.6 is 0 Å². The minimum absolute atomic E-state index is 0.0515. The molecule has 3 aromatic rings. The molecule has 0 spiro atoms. The van der Waals surface area contributed by atoms with Crippen molar-refractivity contribution in [3.63, 3.8) is 0 Å². The molecular weight excluding hydrogens is 553 g/mol. The van der Waals surface area contributed by atoms with E-state index in [1.807, 2.05) is 4.90 Å². The van der Waals surface area contributed by atoms with Crippen molar-refractivity contribution in [1.82, 2.24) is 25.0 Å². The van der Waals surface area contributed by atoms with Gasteiger partial charge in [-0.15, -0.1) is 0 Å². The van der Waals surface area contributed by atoms with E-state index in [0.717, 1.165) is 26.2 Å². The number of anilines is 2. The highest BCUT2D eigenvalue weighted by atomic mass is 19.1. The summed E-state index contributed by atoms with van der Waals surface area (Å²) in [5.74, 6) is 0.474. The molecule has 3 N–H and O–H groups in total. The summed E-state index contributed by atoms with van der Waals surface area (Å²) in [6.07, 6.45) is 3.86. The first-order valence-corrected chi connectivity index (χ1v) is 14.4. The predicted octanol–water partition coefficient (Wildman–Crippen LogP) is 4.15. The number of likely N-dealkylation sites (tertiary alicyclic amines) is 1. The lowest BCUT2D eigenvalue weighted by Crippen LogP contribution is -2.54. The Morgan fingerprint density at radius 1 is 0.884 bits per heavy atom. The van der Waals surface area contributed by atoms with Crippen molar-refractivity contribution in [3.05, 3.63) is 78.2 Å². The number of hydrogen-bond acceptors (Lipinski definition) is 7. The van der Waals surface area contributed by atoms with Crippen LogP contribution in [0.2, 0.25) is 0 Å². The Labute approximate surface area is 250 Å². The number of imide groups is 1. The van der Waals surface area contributed by atoms with Gasteiger partial charge < -0.3 is 19.9 Å². The number of piperazine rings is 1. The van der Waals surface area contributed by atoms with Crippen molar-refractivity contribution < 1.29 is 23.5 Å². The van der Waals surface area contributed by atoms with Gasteiger partial charge in [0.25, 0.3) is 0 Å². The molecule has 11 nitrogen and oxygen atoms in total. The second-order valence-electron chi connectivity index (χ2n) is 10.8. The van der Waals surface area contributed by atoms with Crippen molar-refractivity contribution in [1.29, 1.82) is 0 Å². The van der Waals surface area contributed by atoms with Crippen molar-refractivity contribution in [2.75, 3.05) is 56.9 Å². The van der Waals surface area contributed by atoms with Crippen LogP contribution in [0.25, 0.3) is 0 Å². The van der Waals surface area contributed by atoms with Gasteiger partial charge in [0.05, 0.1) is 6.42 Å². The van der Waals surface area contributed by atoms with Gasteiger partial charge in [-0.2, -0.15) is 0 Å². The zero-order valence-electron chi connectivity index (χ0n) is 24.1. The molecule has 2 aliphatic heterocycles. The first kappa shape index (κ1) is 29.9. The molecule has 0 bridgehead atoms. The number of amides is 5. The number of carbonyl (C=O) groups is 3. The van der Waals surface area contributed by atoms with Gasteiger partial charge in [0, 0.05) is 50.2 Å². The van der Waals surface area contributed by atoms with Crippen molar-refractivity contribution in [2.24, 2.45) is 0 Å². The SMILES string of the molecule is CN1CCC(N2CCN(C(=O)Nc3cc(Oc4ccc(NC(=O)NC(=O)Cc5ccc(F)cc5)cc4)ccn3)CC2)CC1. The van der Waals surface area contributed by atoms with E-state index >= 15 is 0 Å². The van der Waals surface area contributed by atoms with E-state index in [1.54, 1.807) is 42.6 Å². The highest BCUT2D eigenvalue weighted by Gasteiger charge is 2.28. The minimum atomic E-state index is -0.682. The topological polar surface area (TPSA) is 119 Å². The van der Waals surface area contributed by atoms with Gasteiger partial charge in [-0.05, 0) is 81.0 Å². The van der Waals surface area contributed by atoms with Crippen LogP contribution in [0.3, 0.4) is 0 Å². The van der Waals surface area contributed by atoms with Crippen LogP contribution in [0.1, 0.15) is 18.4 Å². The number of ether oxygens (including phenoxy) is 1. The van der Waals surface area contributed by atoms with E-state index in [0.29, 0.717) is 47.7 Å². The van der Waals surface area contributed by atoms with E-state index in [9.17, 15) is 18.8 Å².